The standard InChI is InChI=1S/C21H29N3O4/c1-12(2)8-6-9-13(3)22-16-17(20(27)19(16)26)23-15-11-7-10-14(18(15)25)21(28)24(4)5/h7,10-13,22-23,25H,6,8-9H2,1-5H3/t13-/m0/s1. The van der Waals surface area contributed by atoms with Crippen molar-refractivity contribution in [2.45, 2.75) is 46.1 Å². The van der Waals surface area contributed by atoms with E-state index in [-0.39, 0.29) is 40.3 Å². The molecule has 0 unspecified atom stereocenters. The summed E-state index contributed by atoms with van der Waals surface area (Å²) in [4.78, 5) is 37.5. The van der Waals surface area contributed by atoms with Crippen molar-refractivity contribution in [3.63, 3.8) is 0 Å². The lowest BCUT2D eigenvalue weighted by Gasteiger charge is -2.21. The predicted molar refractivity (Wildman–Crippen MR) is 113 cm³/mol. The molecule has 2 aromatic carbocycles. The third-order valence-electron chi connectivity index (χ3n) is 4.65. The van der Waals surface area contributed by atoms with Crippen LogP contribution in [-0.2, 0) is 0 Å². The van der Waals surface area contributed by atoms with E-state index in [4.69, 9.17) is 0 Å². The quantitative estimate of drug-likeness (QED) is 0.452. The van der Waals surface area contributed by atoms with Crippen LogP contribution in [0.2, 0.25) is 0 Å². The molecule has 0 saturated heterocycles. The summed E-state index contributed by atoms with van der Waals surface area (Å²) in [5.74, 6) is 0.00382. The van der Waals surface area contributed by atoms with Gasteiger partial charge < -0.3 is 20.6 Å². The fourth-order valence-corrected chi connectivity index (χ4v) is 2.99. The van der Waals surface area contributed by atoms with Gasteiger partial charge in [0.25, 0.3) is 16.8 Å². The zero-order valence-corrected chi connectivity index (χ0v) is 17.1. The molecule has 152 valence electrons. The van der Waals surface area contributed by atoms with Crippen LogP contribution in [0.5, 0.6) is 5.75 Å². The molecule has 0 aromatic heterocycles. The highest BCUT2D eigenvalue weighted by molar-refractivity contribution is 5.99. The van der Waals surface area contributed by atoms with Crippen molar-refractivity contribution in [2.75, 3.05) is 24.7 Å². The number of nitrogens with zero attached hydrogens (tertiary/aromatic N) is 1. The van der Waals surface area contributed by atoms with Gasteiger partial charge in [-0.1, -0.05) is 32.8 Å². The molecule has 2 aromatic rings. The summed E-state index contributed by atoms with van der Waals surface area (Å²) in [6.45, 7) is 6.30. The van der Waals surface area contributed by atoms with Gasteiger partial charge in [-0.2, -0.15) is 0 Å². The Balaban J connectivity index is 2.17. The van der Waals surface area contributed by atoms with Crippen molar-refractivity contribution in [2.24, 2.45) is 5.92 Å². The van der Waals surface area contributed by atoms with E-state index < -0.39 is 10.9 Å². The second kappa shape index (κ2) is 8.91. The highest BCUT2D eigenvalue weighted by Crippen LogP contribution is 2.32. The molecule has 0 heterocycles. The van der Waals surface area contributed by atoms with E-state index in [1.807, 2.05) is 6.92 Å². The molecule has 0 aliphatic carbocycles. The largest absolute Gasteiger partial charge is 0.505 e. The van der Waals surface area contributed by atoms with Gasteiger partial charge in [0, 0.05) is 20.1 Å². The van der Waals surface area contributed by atoms with Gasteiger partial charge in [-0.3, -0.25) is 14.4 Å². The molecule has 7 heteroatoms. The summed E-state index contributed by atoms with van der Waals surface area (Å²) in [6, 6.07) is 4.69. The van der Waals surface area contributed by atoms with Crippen molar-refractivity contribution in [1.82, 2.24) is 4.90 Å². The van der Waals surface area contributed by atoms with Crippen LogP contribution in [0.15, 0.2) is 27.8 Å². The molecule has 0 radical (unpaired) electrons. The molecule has 2 rings (SSSR count). The number of phenolic OH excluding ortho intramolecular Hbond substituents is 1. The number of anilines is 3. The highest BCUT2D eigenvalue weighted by Gasteiger charge is 2.24. The van der Waals surface area contributed by atoms with Gasteiger partial charge in [-0.15, -0.1) is 0 Å². The molecule has 0 aliphatic rings. The Hall–Kier alpha value is -2.83. The fourth-order valence-electron chi connectivity index (χ4n) is 2.99. The third-order valence-corrected chi connectivity index (χ3v) is 4.65. The first kappa shape index (κ1) is 21.5. The molecule has 3 N–H and O–H groups in total. The Kier molecular flexibility index (Phi) is 6.83. The first-order valence-electron chi connectivity index (χ1n) is 9.54. The molecule has 28 heavy (non-hydrogen) atoms. The van der Waals surface area contributed by atoms with Crippen LogP contribution in [0, 0.1) is 5.92 Å². The number of phenols is 1. The molecular weight excluding hydrogens is 358 g/mol. The number of hydrogen-bond acceptors (Lipinski definition) is 6. The number of benzene rings is 1. The Morgan fingerprint density at radius 2 is 1.71 bits per heavy atom. The van der Waals surface area contributed by atoms with Crippen LogP contribution in [0.1, 0.15) is 50.4 Å². The number of carbonyl (C=O) groups excluding carboxylic acids is 1. The van der Waals surface area contributed by atoms with E-state index in [2.05, 4.69) is 24.5 Å². The SMILES string of the molecule is CC(C)CCC[C@H](C)Nc1c(Nc2cccc(C(=O)N(C)C)c2O)c(=O)c1=O. The van der Waals surface area contributed by atoms with Crippen LogP contribution in [0.25, 0.3) is 0 Å². The maximum absolute atomic E-state index is 12.2. The molecule has 1 atom stereocenters. The zero-order chi connectivity index (χ0) is 21.0. The van der Waals surface area contributed by atoms with Gasteiger partial charge in [-0.25, -0.2) is 0 Å². The number of amides is 1. The molecule has 0 fully saturated rings. The predicted octanol–water partition coefficient (Wildman–Crippen LogP) is 3.06. The Labute approximate surface area is 165 Å². The lowest BCUT2D eigenvalue weighted by molar-refractivity contribution is 0.0824. The van der Waals surface area contributed by atoms with Crippen molar-refractivity contribution >= 4 is 23.0 Å². The monoisotopic (exact) mass is 387 g/mol. The average Bonchev–Trinajstić information content (AvgIpc) is 2.64. The molecular formula is C21H29N3O4. The number of nitrogens with one attached hydrogen (secondary N) is 2. The zero-order valence-electron chi connectivity index (χ0n) is 17.1. The number of para-hydroxylation sites is 1. The summed E-state index contributed by atoms with van der Waals surface area (Å²) in [7, 11) is 3.17. The number of rotatable bonds is 9. The first-order valence-corrected chi connectivity index (χ1v) is 9.54. The summed E-state index contributed by atoms with van der Waals surface area (Å²) < 4.78 is 0. The van der Waals surface area contributed by atoms with Gasteiger partial charge in [0.05, 0.1) is 11.3 Å². The van der Waals surface area contributed by atoms with Crippen molar-refractivity contribution in [3.8, 4) is 5.75 Å². The van der Waals surface area contributed by atoms with Crippen LogP contribution in [0.3, 0.4) is 0 Å². The van der Waals surface area contributed by atoms with E-state index in [0.717, 1.165) is 19.3 Å². The molecule has 0 bridgehead atoms. The molecule has 0 saturated carbocycles. The molecule has 0 aliphatic heterocycles. The van der Waals surface area contributed by atoms with Gasteiger partial charge in [0.2, 0.25) is 0 Å². The van der Waals surface area contributed by atoms with Crippen molar-refractivity contribution in [3.05, 3.63) is 44.2 Å². The third kappa shape index (κ3) is 4.71. The number of carbonyl (C=O) groups is 1. The minimum Gasteiger partial charge on any atom is -0.505 e. The lowest BCUT2D eigenvalue weighted by Crippen LogP contribution is -2.38. The van der Waals surface area contributed by atoms with Gasteiger partial charge >= 0.3 is 0 Å². The molecule has 1 amide bonds. The summed E-state index contributed by atoms with van der Waals surface area (Å²) in [5, 5.41) is 16.3. The van der Waals surface area contributed by atoms with E-state index in [9.17, 15) is 19.5 Å². The maximum atomic E-state index is 12.2. The van der Waals surface area contributed by atoms with E-state index in [0.29, 0.717) is 5.92 Å². The minimum absolute atomic E-state index is 0.0397. The summed E-state index contributed by atoms with van der Waals surface area (Å²) >= 11 is 0. The molecule has 7 nitrogen and oxygen atoms in total. The van der Waals surface area contributed by atoms with Gasteiger partial charge in [-0.05, 0) is 31.4 Å². The lowest BCUT2D eigenvalue weighted by atomic mass is 10.0. The second-order valence-corrected chi connectivity index (χ2v) is 7.80. The highest BCUT2D eigenvalue weighted by atomic mass is 16.3. The molecule has 0 spiro atoms. The van der Waals surface area contributed by atoms with Gasteiger partial charge in [0.1, 0.15) is 11.4 Å². The average molecular weight is 387 g/mol. The van der Waals surface area contributed by atoms with Crippen LogP contribution in [0.4, 0.5) is 17.1 Å². The second-order valence-electron chi connectivity index (χ2n) is 7.80. The van der Waals surface area contributed by atoms with Crippen LogP contribution < -0.4 is 21.5 Å². The first-order chi connectivity index (χ1) is 13.1. The number of aromatic hydroxyl groups is 1. The van der Waals surface area contributed by atoms with Crippen LogP contribution in [-0.4, -0.2) is 36.1 Å². The van der Waals surface area contributed by atoms with Crippen molar-refractivity contribution in [1.29, 1.82) is 0 Å². The van der Waals surface area contributed by atoms with E-state index in [1.165, 1.54) is 11.0 Å². The van der Waals surface area contributed by atoms with E-state index >= 15 is 0 Å². The summed E-state index contributed by atoms with van der Waals surface area (Å²) in [6.07, 6.45) is 3.01. The Morgan fingerprint density at radius 1 is 1.07 bits per heavy atom. The van der Waals surface area contributed by atoms with Crippen LogP contribution >= 0.6 is 0 Å². The van der Waals surface area contributed by atoms with Gasteiger partial charge in [0.15, 0.2) is 5.75 Å². The normalized spacial score (nSPS) is 12.2. The smallest absolute Gasteiger partial charge is 0.257 e. The fraction of sp³-hybridized carbons (Fsp3) is 0.476. The topological polar surface area (TPSA) is 98.7 Å². The Bertz CT molecular complexity index is 911. The number of hydrogen-bond donors (Lipinski definition) is 3. The summed E-state index contributed by atoms with van der Waals surface area (Å²) in [5.41, 5.74) is -0.546. The maximum Gasteiger partial charge on any atom is 0.257 e. The Morgan fingerprint density at radius 3 is 2.32 bits per heavy atom. The minimum atomic E-state index is -0.638. The van der Waals surface area contributed by atoms with E-state index in [1.54, 1.807) is 26.2 Å². The van der Waals surface area contributed by atoms with Crippen molar-refractivity contribution < 1.29 is 9.90 Å².